The zero-order valence-electron chi connectivity index (χ0n) is 10.9. The van der Waals surface area contributed by atoms with E-state index in [1.807, 2.05) is 19.9 Å². The number of halogens is 1. The zero-order chi connectivity index (χ0) is 12.7. The van der Waals surface area contributed by atoms with Crippen LogP contribution in [-0.4, -0.2) is 13.2 Å². The van der Waals surface area contributed by atoms with E-state index in [9.17, 15) is 4.39 Å². The highest BCUT2D eigenvalue weighted by molar-refractivity contribution is 5.30. The Balaban J connectivity index is 2.67. The van der Waals surface area contributed by atoms with Crippen LogP contribution in [0.15, 0.2) is 18.2 Å². The molecule has 0 saturated carbocycles. The summed E-state index contributed by atoms with van der Waals surface area (Å²) < 4.78 is 19.0. The number of benzene rings is 1. The molecule has 1 rings (SSSR count). The molecule has 0 bridgehead atoms. The van der Waals surface area contributed by atoms with Crippen molar-refractivity contribution in [2.24, 2.45) is 0 Å². The van der Waals surface area contributed by atoms with Gasteiger partial charge in [-0.1, -0.05) is 19.9 Å². The van der Waals surface area contributed by atoms with Gasteiger partial charge in [-0.15, -0.1) is 0 Å². The van der Waals surface area contributed by atoms with Crippen molar-refractivity contribution in [1.29, 1.82) is 0 Å². The van der Waals surface area contributed by atoms with Gasteiger partial charge in [0.15, 0.2) is 11.6 Å². The molecule has 0 aliphatic heterocycles. The molecule has 17 heavy (non-hydrogen) atoms. The second-order valence-electron chi connectivity index (χ2n) is 4.21. The van der Waals surface area contributed by atoms with Gasteiger partial charge in [0.25, 0.3) is 0 Å². The highest BCUT2D eigenvalue weighted by atomic mass is 19.1. The van der Waals surface area contributed by atoms with E-state index in [2.05, 4.69) is 12.2 Å². The van der Waals surface area contributed by atoms with Crippen LogP contribution >= 0.6 is 0 Å². The van der Waals surface area contributed by atoms with E-state index in [-0.39, 0.29) is 11.9 Å². The third-order valence-electron chi connectivity index (χ3n) is 2.62. The van der Waals surface area contributed by atoms with Crippen LogP contribution < -0.4 is 10.1 Å². The van der Waals surface area contributed by atoms with Gasteiger partial charge in [0.05, 0.1) is 6.61 Å². The van der Waals surface area contributed by atoms with Crippen molar-refractivity contribution in [1.82, 2.24) is 5.32 Å². The van der Waals surface area contributed by atoms with E-state index < -0.39 is 0 Å². The van der Waals surface area contributed by atoms with Crippen LogP contribution in [0.4, 0.5) is 4.39 Å². The highest BCUT2D eigenvalue weighted by Gasteiger charge is 2.09. The summed E-state index contributed by atoms with van der Waals surface area (Å²) in [5.74, 6) is 0.0689. The molecule has 1 aromatic carbocycles. The molecule has 1 aromatic rings. The molecule has 3 heteroatoms. The second-order valence-corrected chi connectivity index (χ2v) is 4.21. The minimum absolute atomic E-state index is 0.171. The lowest BCUT2D eigenvalue weighted by Crippen LogP contribution is -2.19. The Morgan fingerprint density at radius 2 is 2.06 bits per heavy atom. The molecule has 0 saturated heterocycles. The third kappa shape index (κ3) is 4.35. The fourth-order valence-corrected chi connectivity index (χ4v) is 1.59. The van der Waals surface area contributed by atoms with E-state index in [0.29, 0.717) is 12.4 Å². The van der Waals surface area contributed by atoms with Gasteiger partial charge in [0, 0.05) is 6.04 Å². The highest BCUT2D eigenvalue weighted by Crippen LogP contribution is 2.22. The molecule has 0 spiro atoms. The molecular formula is C14H22FNO. The summed E-state index contributed by atoms with van der Waals surface area (Å²) in [6.45, 7) is 7.65. The number of nitrogens with one attached hydrogen (secondary N) is 1. The average Bonchev–Trinajstić information content (AvgIpc) is 2.34. The minimum Gasteiger partial charge on any atom is -0.491 e. The maximum Gasteiger partial charge on any atom is 0.165 e. The standard InChI is InChI=1S/C14H22FNO/c1-4-8-16-11(3)12-6-7-14(13(15)10-12)17-9-5-2/h6-7,10-11,16H,4-5,8-9H2,1-3H3. The van der Waals surface area contributed by atoms with Crippen LogP contribution in [0.3, 0.4) is 0 Å². The largest absolute Gasteiger partial charge is 0.491 e. The average molecular weight is 239 g/mol. The summed E-state index contributed by atoms with van der Waals surface area (Å²) >= 11 is 0. The van der Waals surface area contributed by atoms with Gasteiger partial charge in [-0.3, -0.25) is 0 Å². The van der Waals surface area contributed by atoms with Gasteiger partial charge < -0.3 is 10.1 Å². The molecule has 0 aliphatic rings. The van der Waals surface area contributed by atoms with Gasteiger partial charge in [-0.05, 0) is 44.0 Å². The predicted octanol–water partition coefficient (Wildman–Crippen LogP) is 3.68. The topological polar surface area (TPSA) is 21.3 Å². The van der Waals surface area contributed by atoms with Gasteiger partial charge >= 0.3 is 0 Å². The number of hydrogen-bond donors (Lipinski definition) is 1. The van der Waals surface area contributed by atoms with Crippen molar-refractivity contribution in [2.75, 3.05) is 13.2 Å². The first-order valence-electron chi connectivity index (χ1n) is 6.34. The van der Waals surface area contributed by atoms with E-state index in [0.717, 1.165) is 24.9 Å². The molecule has 1 unspecified atom stereocenters. The molecular weight excluding hydrogens is 217 g/mol. The van der Waals surface area contributed by atoms with Crippen molar-refractivity contribution in [2.45, 2.75) is 39.7 Å². The number of hydrogen-bond acceptors (Lipinski definition) is 2. The molecule has 0 aromatic heterocycles. The maximum atomic E-state index is 13.7. The Morgan fingerprint density at radius 3 is 2.65 bits per heavy atom. The van der Waals surface area contributed by atoms with Crippen molar-refractivity contribution in [3.05, 3.63) is 29.6 Å². The Labute approximate surface area is 103 Å². The molecule has 1 atom stereocenters. The number of ether oxygens (including phenoxy) is 1. The summed E-state index contributed by atoms with van der Waals surface area (Å²) in [5.41, 5.74) is 0.958. The number of rotatable bonds is 7. The van der Waals surface area contributed by atoms with Crippen molar-refractivity contribution in [3.8, 4) is 5.75 Å². The SMILES string of the molecule is CCCNC(C)c1ccc(OCCC)c(F)c1. The fourth-order valence-electron chi connectivity index (χ4n) is 1.59. The summed E-state index contributed by atoms with van der Waals surface area (Å²) in [4.78, 5) is 0. The van der Waals surface area contributed by atoms with Gasteiger partial charge in [0.2, 0.25) is 0 Å². The van der Waals surface area contributed by atoms with Crippen molar-refractivity contribution < 1.29 is 9.13 Å². The zero-order valence-corrected chi connectivity index (χ0v) is 10.9. The van der Waals surface area contributed by atoms with Crippen LogP contribution in [-0.2, 0) is 0 Å². The maximum absolute atomic E-state index is 13.7. The normalized spacial score (nSPS) is 12.5. The van der Waals surface area contributed by atoms with Crippen LogP contribution in [0.5, 0.6) is 5.75 Å². The van der Waals surface area contributed by atoms with Crippen molar-refractivity contribution >= 4 is 0 Å². The van der Waals surface area contributed by atoms with Gasteiger partial charge in [0.1, 0.15) is 0 Å². The van der Waals surface area contributed by atoms with Crippen LogP contribution in [0, 0.1) is 5.82 Å². The summed E-state index contributed by atoms with van der Waals surface area (Å²) in [5, 5.41) is 3.33. The van der Waals surface area contributed by atoms with E-state index in [1.165, 1.54) is 0 Å². The Morgan fingerprint density at radius 1 is 1.29 bits per heavy atom. The summed E-state index contributed by atoms with van der Waals surface area (Å²) in [7, 11) is 0. The summed E-state index contributed by atoms with van der Waals surface area (Å²) in [6.07, 6.45) is 1.96. The van der Waals surface area contributed by atoms with E-state index >= 15 is 0 Å². The lowest BCUT2D eigenvalue weighted by molar-refractivity contribution is 0.301. The molecule has 2 nitrogen and oxygen atoms in total. The van der Waals surface area contributed by atoms with Gasteiger partial charge in [-0.2, -0.15) is 0 Å². The lowest BCUT2D eigenvalue weighted by Gasteiger charge is -2.15. The van der Waals surface area contributed by atoms with Crippen LogP contribution in [0.1, 0.15) is 45.2 Å². The first-order valence-corrected chi connectivity index (χ1v) is 6.34. The van der Waals surface area contributed by atoms with Gasteiger partial charge in [-0.25, -0.2) is 4.39 Å². The smallest absolute Gasteiger partial charge is 0.165 e. The quantitative estimate of drug-likeness (QED) is 0.783. The van der Waals surface area contributed by atoms with Crippen LogP contribution in [0.25, 0.3) is 0 Å². The van der Waals surface area contributed by atoms with E-state index in [4.69, 9.17) is 4.74 Å². The predicted molar refractivity (Wildman–Crippen MR) is 68.9 cm³/mol. The molecule has 0 aliphatic carbocycles. The Hall–Kier alpha value is -1.09. The first kappa shape index (κ1) is 14.0. The minimum atomic E-state index is -0.277. The van der Waals surface area contributed by atoms with E-state index in [1.54, 1.807) is 12.1 Å². The Kier molecular flexibility index (Phi) is 5.98. The molecule has 0 fully saturated rings. The fraction of sp³-hybridized carbons (Fsp3) is 0.571. The Bertz CT molecular complexity index is 341. The lowest BCUT2D eigenvalue weighted by atomic mass is 10.1. The van der Waals surface area contributed by atoms with Crippen molar-refractivity contribution in [3.63, 3.8) is 0 Å². The first-order chi connectivity index (χ1) is 8.19. The second kappa shape index (κ2) is 7.28. The summed E-state index contributed by atoms with van der Waals surface area (Å²) in [6, 6.07) is 5.36. The molecule has 1 N–H and O–H groups in total. The molecule has 96 valence electrons. The molecule has 0 heterocycles. The monoisotopic (exact) mass is 239 g/mol. The third-order valence-corrected chi connectivity index (χ3v) is 2.62. The van der Waals surface area contributed by atoms with Crippen LogP contribution in [0.2, 0.25) is 0 Å². The molecule has 0 amide bonds. The molecule has 0 radical (unpaired) electrons.